The molecule has 1 amide bonds. The second-order valence-electron chi connectivity index (χ2n) is 6.65. The first-order chi connectivity index (χ1) is 12.2. The maximum Gasteiger partial charge on any atom is 0.251 e. The number of fused-ring (bicyclic) bond motifs is 1. The minimum atomic E-state index is -0.00270. The summed E-state index contributed by atoms with van der Waals surface area (Å²) in [6.07, 6.45) is 6.40. The summed E-state index contributed by atoms with van der Waals surface area (Å²) >= 11 is 0. The molecule has 0 radical (unpaired) electrons. The molecule has 1 unspecified atom stereocenters. The fourth-order valence-electron chi connectivity index (χ4n) is 3.72. The largest absolute Gasteiger partial charge is 0.468 e. The number of aryl methyl sites for hydroxylation is 2. The summed E-state index contributed by atoms with van der Waals surface area (Å²) in [5, 5.41) is 3.10. The van der Waals surface area contributed by atoms with Crippen LogP contribution in [0.2, 0.25) is 0 Å². The van der Waals surface area contributed by atoms with Gasteiger partial charge in [-0.05, 0) is 74.2 Å². The Morgan fingerprint density at radius 1 is 1.16 bits per heavy atom. The van der Waals surface area contributed by atoms with Crippen LogP contribution in [0.1, 0.15) is 60.0 Å². The zero-order valence-electron chi connectivity index (χ0n) is 15.3. The fourth-order valence-corrected chi connectivity index (χ4v) is 3.72. The van der Waals surface area contributed by atoms with E-state index in [2.05, 4.69) is 36.2 Å². The lowest BCUT2D eigenvalue weighted by Crippen LogP contribution is -2.38. The molecule has 1 aliphatic carbocycles. The molecule has 0 aliphatic heterocycles. The van der Waals surface area contributed by atoms with Gasteiger partial charge in [0.15, 0.2) is 0 Å². The number of amides is 1. The number of nitrogens with one attached hydrogen (secondary N) is 1. The van der Waals surface area contributed by atoms with Gasteiger partial charge in [0.2, 0.25) is 0 Å². The van der Waals surface area contributed by atoms with Crippen molar-refractivity contribution in [1.29, 1.82) is 0 Å². The topological polar surface area (TPSA) is 45.5 Å². The quantitative estimate of drug-likeness (QED) is 0.829. The van der Waals surface area contributed by atoms with Crippen LogP contribution in [-0.2, 0) is 12.8 Å². The summed E-state index contributed by atoms with van der Waals surface area (Å²) in [5.41, 5.74) is 3.50. The predicted molar refractivity (Wildman–Crippen MR) is 99.8 cm³/mol. The van der Waals surface area contributed by atoms with E-state index in [1.54, 1.807) is 6.26 Å². The van der Waals surface area contributed by atoms with Crippen molar-refractivity contribution in [2.75, 3.05) is 19.6 Å². The van der Waals surface area contributed by atoms with Gasteiger partial charge >= 0.3 is 0 Å². The number of carbonyl (C=O) groups excluding carboxylic acids is 1. The van der Waals surface area contributed by atoms with E-state index in [9.17, 15) is 4.79 Å². The average molecular weight is 340 g/mol. The standard InChI is InChI=1S/C21H28N2O2/c1-3-23(4-2)19(20-10-7-13-25-20)15-22-21(24)18-12-11-16-8-5-6-9-17(16)14-18/h7,10-14,19H,3-6,8-9,15H2,1-2H3,(H,22,24). The van der Waals surface area contributed by atoms with Gasteiger partial charge in [-0.25, -0.2) is 0 Å². The van der Waals surface area contributed by atoms with Gasteiger partial charge in [-0.15, -0.1) is 0 Å². The minimum absolute atomic E-state index is 0.00270. The molecule has 4 nitrogen and oxygen atoms in total. The monoisotopic (exact) mass is 340 g/mol. The molecular formula is C21H28N2O2. The molecule has 1 heterocycles. The molecule has 0 saturated heterocycles. The van der Waals surface area contributed by atoms with Crippen molar-refractivity contribution in [2.24, 2.45) is 0 Å². The number of hydrogen-bond acceptors (Lipinski definition) is 3. The van der Waals surface area contributed by atoms with Crippen molar-refractivity contribution >= 4 is 5.91 Å². The molecule has 1 aromatic heterocycles. The van der Waals surface area contributed by atoms with Gasteiger partial charge in [0.05, 0.1) is 12.3 Å². The van der Waals surface area contributed by atoms with E-state index in [1.807, 2.05) is 18.2 Å². The van der Waals surface area contributed by atoms with Crippen molar-refractivity contribution < 1.29 is 9.21 Å². The zero-order valence-corrected chi connectivity index (χ0v) is 15.3. The molecule has 1 N–H and O–H groups in total. The highest BCUT2D eigenvalue weighted by molar-refractivity contribution is 5.94. The molecular weight excluding hydrogens is 312 g/mol. The maximum absolute atomic E-state index is 12.6. The van der Waals surface area contributed by atoms with Crippen molar-refractivity contribution in [3.05, 3.63) is 59.0 Å². The van der Waals surface area contributed by atoms with Crippen LogP contribution in [0.15, 0.2) is 41.0 Å². The molecule has 0 bridgehead atoms. The molecule has 25 heavy (non-hydrogen) atoms. The molecule has 4 heteroatoms. The number of rotatable bonds is 7. The summed E-state index contributed by atoms with van der Waals surface area (Å²) < 4.78 is 5.60. The van der Waals surface area contributed by atoms with Gasteiger partial charge in [0, 0.05) is 12.1 Å². The van der Waals surface area contributed by atoms with Crippen molar-refractivity contribution in [2.45, 2.75) is 45.6 Å². The van der Waals surface area contributed by atoms with Crippen LogP contribution in [0.3, 0.4) is 0 Å². The third-order valence-corrected chi connectivity index (χ3v) is 5.19. The number of benzene rings is 1. The molecule has 2 aromatic rings. The zero-order chi connectivity index (χ0) is 17.6. The maximum atomic E-state index is 12.6. The smallest absolute Gasteiger partial charge is 0.251 e. The highest BCUT2D eigenvalue weighted by atomic mass is 16.3. The average Bonchev–Trinajstić information content (AvgIpc) is 3.18. The molecule has 1 aliphatic rings. The molecule has 0 fully saturated rings. The van der Waals surface area contributed by atoms with E-state index in [1.165, 1.54) is 24.0 Å². The number of furan rings is 1. The van der Waals surface area contributed by atoms with Crippen molar-refractivity contribution in [3.8, 4) is 0 Å². The van der Waals surface area contributed by atoms with Crippen LogP contribution in [0.25, 0.3) is 0 Å². The van der Waals surface area contributed by atoms with Crippen LogP contribution in [0, 0.1) is 0 Å². The number of likely N-dealkylation sites (N-methyl/N-ethyl adjacent to an activating group) is 1. The van der Waals surface area contributed by atoms with E-state index >= 15 is 0 Å². The van der Waals surface area contributed by atoms with E-state index in [4.69, 9.17) is 4.42 Å². The summed E-state index contributed by atoms with van der Waals surface area (Å²) in [5.74, 6) is 0.895. The molecule has 0 spiro atoms. The number of carbonyl (C=O) groups is 1. The second kappa shape index (κ2) is 8.34. The summed E-state index contributed by atoms with van der Waals surface area (Å²) in [6.45, 7) is 6.63. The van der Waals surface area contributed by atoms with Gasteiger partial charge in [-0.3, -0.25) is 9.69 Å². The first-order valence-electron chi connectivity index (χ1n) is 9.40. The van der Waals surface area contributed by atoms with E-state index in [-0.39, 0.29) is 11.9 Å². The summed E-state index contributed by atoms with van der Waals surface area (Å²) in [4.78, 5) is 14.9. The first kappa shape index (κ1) is 17.7. The van der Waals surface area contributed by atoms with Crippen LogP contribution in [0.4, 0.5) is 0 Å². The Balaban J connectivity index is 1.69. The van der Waals surface area contributed by atoms with E-state index in [0.29, 0.717) is 6.54 Å². The van der Waals surface area contributed by atoms with Gasteiger partial charge in [-0.1, -0.05) is 19.9 Å². The van der Waals surface area contributed by atoms with E-state index in [0.717, 1.165) is 37.3 Å². The second-order valence-corrected chi connectivity index (χ2v) is 6.65. The highest BCUT2D eigenvalue weighted by Crippen LogP contribution is 2.23. The normalized spacial score (nSPS) is 15.0. The Bertz CT molecular complexity index is 690. The molecule has 3 rings (SSSR count). The molecule has 1 atom stereocenters. The first-order valence-corrected chi connectivity index (χ1v) is 9.40. The SMILES string of the molecule is CCN(CC)C(CNC(=O)c1ccc2c(c1)CCCC2)c1ccco1. The lowest BCUT2D eigenvalue weighted by molar-refractivity contribution is 0.0929. The third kappa shape index (κ3) is 4.13. The molecule has 1 aromatic carbocycles. The number of hydrogen-bond donors (Lipinski definition) is 1. The summed E-state index contributed by atoms with van der Waals surface area (Å²) in [6, 6.07) is 10.1. The minimum Gasteiger partial charge on any atom is -0.468 e. The van der Waals surface area contributed by atoms with Crippen LogP contribution in [-0.4, -0.2) is 30.4 Å². The number of nitrogens with zero attached hydrogens (tertiary/aromatic N) is 1. The van der Waals surface area contributed by atoms with Crippen LogP contribution < -0.4 is 5.32 Å². The van der Waals surface area contributed by atoms with Crippen LogP contribution in [0.5, 0.6) is 0 Å². The lowest BCUT2D eigenvalue weighted by atomic mass is 9.90. The van der Waals surface area contributed by atoms with E-state index < -0.39 is 0 Å². The lowest BCUT2D eigenvalue weighted by Gasteiger charge is -2.28. The van der Waals surface area contributed by atoms with Crippen LogP contribution >= 0.6 is 0 Å². The highest BCUT2D eigenvalue weighted by Gasteiger charge is 2.22. The Morgan fingerprint density at radius 3 is 2.60 bits per heavy atom. The Labute approximate surface area is 150 Å². The third-order valence-electron chi connectivity index (χ3n) is 5.19. The van der Waals surface area contributed by atoms with Gasteiger partial charge in [-0.2, -0.15) is 0 Å². The predicted octanol–water partition coefficient (Wildman–Crippen LogP) is 3.97. The van der Waals surface area contributed by atoms with Gasteiger partial charge in [0.1, 0.15) is 5.76 Å². The Kier molecular flexibility index (Phi) is 5.92. The Morgan fingerprint density at radius 2 is 1.92 bits per heavy atom. The van der Waals surface area contributed by atoms with Crippen molar-refractivity contribution in [1.82, 2.24) is 10.2 Å². The van der Waals surface area contributed by atoms with Gasteiger partial charge in [0.25, 0.3) is 5.91 Å². The van der Waals surface area contributed by atoms with Crippen molar-refractivity contribution in [3.63, 3.8) is 0 Å². The fraction of sp³-hybridized carbons (Fsp3) is 0.476. The summed E-state index contributed by atoms with van der Waals surface area (Å²) in [7, 11) is 0. The molecule has 0 saturated carbocycles. The Hall–Kier alpha value is -2.07. The van der Waals surface area contributed by atoms with Gasteiger partial charge < -0.3 is 9.73 Å². The molecule has 134 valence electrons.